The number of aromatic hydroxyl groups is 2. The van der Waals surface area contributed by atoms with Crippen LogP contribution in [0.15, 0.2) is 53.7 Å². The van der Waals surface area contributed by atoms with Crippen LogP contribution in [0.5, 0.6) is 11.5 Å². The first-order chi connectivity index (χ1) is 12.1. The van der Waals surface area contributed by atoms with E-state index in [1.807, 2.05) is 30.5 Å². The molecule has 0 radical (unpaired) electrons. The van der Waals surface area contributed by atoms with Crippen LogP contribution in [0.4, 0.5) is 0 Å². The number of H-pyrrole nitrogens is 1. The number of methoxy groups -OCH3 is 1. The number of carbonyl (C=O) groups is 1. The summed E-state index contributed by atoms with van der Waals surface area (Å²) in [6, 6.07) is 11.2. The Labute approximate surface area is 144 Å². The number of aliphatic imine (C=N–C) groups is 1. The summed E-state index contributed by atoms with van der Waals surface area (Å²) in [6.07, 6.45) is 3.63. The third-order valence-electron chi connectivity index (χ3n) is 3.97. The summed E-state index contributed by atoms with van der Waals surface area (Å²) in [4.78, 5) is 19.5. The van der Waals surface area contributed by atoms with Crippen molar-refractivity contribution in [3.8, 4) is 11.5 Å². The predicted molar refractivity (Wildman–Crippen MR) is 95.2 cm³/mol. The molecule has 128 valence electrons. The van der Waals surface area contributed by atoms with Crippen LogP contribution in [0.2, 0.25) is 0 Å². The number of hydrogen-bond acceptors (Lipinski definition) is 5. The van der Waals surface area contributed by atoms with E-state index < -0.39 is 12.0 Å². The molecule has 0 saturated heterocycles. The molecule has 1 heterocycles. The van der Waals surface area contributed by atoms with Gasteiger partial charge in [-0.05, 0) is 23.8 Å². The van der Waals surface area contributed by atoms with Gasteiger partial charge in [0.05, 0.1) is 7.11 Å². The van der Waals surface area contributed by atoms with Crippen molar-refractivity contribution in [2.24, 2.45) is 4.99 Å². The Balaban J connectivity index is 1.87. The highest BCUT2D eigenvalue weighted by Gasteiger charge is 2.20. The van der Waals surface area contributed by atoms with Crippen molar-refractivity contribution in [3.63, 3.8) is 0 Å². The molecule has 0 fully saturated rings. The van der Waals surface area contributed by atoms with Gasteiger partial charge in [-0.3, -0.25) is 4.99 Å². The molecule has 0 amide bonds. The predicted octanol–water partition coefficient (Wildman–Crippen LogP) is 2.78. The van der Waals surface area contributed by atoms with Crippen molar-refractivity contribution in [2.75, 3.05) is 7.11 Å². The lowest BCUT2D eigenvalue weighted by Crippen LogP contribution is -2.23. The lowest BCUT2D eigenvalue weighted by molar-refractivity contribution is -0.142. The minimum Gasteiger partial charge on any atom is -0.508 e. The van der Waals surface area contributed by atoms with Crippen LogP contribution in [0.25, 0.3) is 10.9 Å². The molecule has 1 unspecified atom stereocenters. The Morgan fingerprint density at radius 3 is 2.84 bits per heavy atom. The third-order valence-corrected chi connectivity index (χ3v) is 3.97. The fourth-order valence-electron chi connectivity index (χ4n) is 2.65. The molecule has 3 aromatic rings. The smallest absolute Gasteiger partial charge is 0.330 e. The maximum absolute atomic E-state index is 12.1. The zero-order chi connectivity index (χ0) is 17.8. The molecule has 3 N–H and O–H groups in total. The number of benzene rings is 2. The number of ether oxygens (including phenoxy) is 1. The normalized spacial score (nSPS) is 12.5. The molecule has 0 spiro atoms. The largest absolute Gasteiger partial charge is 0.508 e. The van der Waals surface area contributed by atoms with Crippen LogP contribution < -0.4 is 0 Å². The van der Waals surface area contributed by atoms with Crippen molar-refractivity contribution in [2.45, 2.75) is 12.5 Å². The van der Waals surface area contributed by atoms with E-state index in [4.69, 9.17) is 4.74 Å². The zero-order valence-electron chi connectivity index (χ0n) is 13.6. The molecule has 6 heteroatoms. The first-order valence-electron chi connectivity index (χ1n) is 7.76. The van der Waals surface area contributed by atoms with Crippen molar-refractivity contribution in [1.82, 2.24) is 4.98 Å². The van der Waals surface area contributed by atoms with Crippen LogP contribution in [0, 0.1) is 0 Å². The number of carbonyl (C=O) groups excluding carboxylic acids is 1. The number of esters is 1. The molecule has 25 heavy (non-hydrogen) atoms. The Bertz CT molecular complexity index is 930. The van der Waals surface area contributed by atoms with Crippen LogP contribution in [0.3, 0.4) is 0 Å². The SMILES string of the molecule is COC(=O)C(Cc1c[nH]c2ccccc12)/N=C/c1ccc(O)cc1O. The summed E-state index contributed by atoms with van der Waals surface area (Å²) in [6.45, 7) is 0. The summed E-state index contributed by atoms with van der Waals surface area (Å²) >= 11 is 0. The number of phenolic OH excluding ortho intramolecular Hbond substituents is 2. The summed E-state index contributed by atoms with van der Waals surface area (Å²) in [7, 11) is 1.32. The zero-order valence-corrected chi connectivity index (χ0v) is 13.6. The average molecular weight is 338 g/mol. The summed E-state index contributed by atoms with van der Waals surface area (Å²) < 4.78 is 4.85. The molecule has 0 saturated carbocycles. The number of rotatable bonds is 5. The molecule has 1 atom stereocenters. The van der Waals surface area contributed by atoms with Crippen molar-refractivity contribution >= 4 is 23.1 Å². The first kappa shape index (κ1) is 16.6. The van der Waals surface area contributed by atoms with Gasteiger partial charge in [0, 0.05) is 41.4 Å². The third kappa shape index (κ3) is 3.63. The van der Waals surface area contributed by atoms with Gasteiger partial charge in [0.15, 0.2) is 6.04 Å². The van der Waals surface area contributed by atoms with Crippen molar-refractivity contribution in [1.29, 1.82) is 0 Å². The fraction of sp³-hybridized carbons (Fsp3) is 0.158. The molecule has 6 nitrogen and oxygen atoms in total. The quantitative estimate of drug-likeness (QED) is 0.492. The number of para-hydroxylation sites is 1. The maximum atomic E-state index is 12.1. The number of nitrogens with one attached hydrogen (secondary N) is 1. The second kappa shape index (κ2) is 7.09. The molecule has 0 bridgehead atoms. The van der Waals surface area contributed by atoms with Gasteiger partial charge in [0.25, 0.3) is 0 Å². The highest BCUT2D eigenvalue weighted by molar-refractivity contribution is 5.88. The van der Waals surface area contributed by atoms with E-state index in [0.29, 0.717) is 12.0 Å². The minimum atomic E-state index is -0.739. The van der Waals surface area contributed by atoms with Gasteiger partial charge in [0.2, 0.25) is 0 Å². The number of hydrogen-bond donors (Lipinski definition) is 3. The number of nitrogens with zero attached hydrogens (tertiary/aromatic N) is 1. The Hall–Kier alpha value is -3.28. The topological polar surface area (TPSA) is 94.9 Å². The number of aromatic amines is 1. The maximum Gasteiger partial charge on any atom is 0.330 e. The van der Waals surface area contributed by atoms with Gasteiger partial charge in [-0.25, -0.2) is 4.79 Å². The number of fused-ring (bicyclic) bond motifs is 1. The Morgan fingerprint density at radius 1 is 1.28 bits per heavy atom. The van der Waals surface area contributed by atoms with Gasteiger partial charge >= 0.3 is 5.97 Å². The lowest BCUT2D eigenvalue weighted by atomic mass is 10.1. The lowest BCUT2D eigenvalue weighted by Gasteiger charge is -2.10. The van der Waals surface area contributed by atoms with Crippen LogP contribution in [-0.4, -0.2) is 40.5 Å². The van der Waals surface area contributed by atoms with Gasteiger partial charge < -0.3 is 19.9 Å². The highest BCUT2D eigenvalue weighted by atomic mass is 16.5. The van der Waals surface area contributed by atoms with Crippen LogP contribution in [-0.2, 0) is 16.0 Å². The van der Waals surface area contributed by atoms with Gasteiger partial charge in [-0.2, -0.15) is 0 Å². The van der Waals surface area contributed by atoms with Crippen molar-refractivity contribution < 1.29 is 19.7 Å². The summed E-state index contributed by atoms with van der Waals surface area (Å²) in [5.41, 5.74) is 2.35. The first-order valence-corrected chi connectivity index (χ1v) is 7.76. The Morgan fingerprint density at radius 2 is 2.08 bits per heavy atom. The summed E-state index contributed by atoms with van der Waals surface area (Å²) in [5, 5.41) is 20.2. The monoisotopic (exact) mass is 338 g/mol. The number of phenols is 2. The molecule has 1 aromatic heterocycles. The second-order valence-electron chi connectivity index (χ2n) is 5.62. The molecule has 0 aliphatic carbocycles. The molecule has 2 aromatic carbocycles. The van der Waals surface area contributed by atoms with E-state index in [2.05, 4.69) is 9.98 Å². The van der Waals surface area contributed by atoms with E-state index in [9.17, 15) is 15.0 Å². The van der Waals surface area contributed by atoms with E-state index in [0.717, 1.165) is 16.5 Å². The van der Waals surface area contributed by atoms with Gasteiger partial charge in [-0.1, -0.05) is 18.2 Å². The molecular weight excluding hydrogens is 320 g/mol. The Kier molecular flexibility index (Phi) is 4.70. The van der Waals surface area contributed by atoms with Crippen LogP contribution >= 0.6 is 0 Å². The molecule has 3 rings (SSSR count). The molecule has 0 aliphatic heterocycles. The second-order valence-corrected chi connectivity index (χ2v) is 5.62. The summed E-state index contributed by atoms with van der Waals surface area (Å²) in [5.74, 6) is -0.614. The molecule has 0 aliphatic rings. The fourth-order valence-corrected chi connectivity index (χ4v) is 2.65. The van der Waals surface area contributed by atoms with Gasteiger partial charge in [-0.15, -0.1) is 0 Å². The average Bonchev–Trinajstić information content (AvgIpc) is 3.02. The van der Waals surface area contributed by atoms with E-state index in [-0.39, 0.29) is 11.5 Å². The van der Waals surface area contributed by atoms with E-state index >= 15 is 0 Å². The van der Waals surface area contributed by atoms with Crippen molar-refractivity contribution in [3.05, 3.63) is 59.8 Å². The van der Waals surface area contributed by atoms with E-state index in [1.54, 1.807) is 0 Å². The minimum absolute atomic E-state index is 0.0436. The van der Waals surface area contributed by atoms with Gasteiger partial charge in [0.1, 0.15) is 11.5 Å². The standard InChI is InChI=1S/C19H18N2O4/c1-25-19(24)17(21-10-12-6-7-14(22)9-18(12)23)8-13-11-20-16-5-3-2-4-15(13)16/h2-7,9-11,17,20,22-23H,8H2,1H3/b21-10+. The molecular formula is C19H18N2O4. The highest BCUT2D eigenvalue weighted by Crippen LogP contribution is 2.22. The number of aromatic nitrogens is 1. The van der Waals surface area contributed by atoms with Crippen LogP contribution in [0.1, 0.15) is 11.1 Å². The van der Waals surface area contributed by atoms with E-state index in [1.165, 1.54) is 31.5 Å².